The predicted octanol–water partition coefficient (Wildman–Crippen LogP) is 8.06. The molecule has 0 spiro atoms. The Bertz CT molecular complexity index is 1370. The predicted molar refractivity (Wildman–Crippen MR) is 129 cm³/mol. The van der Waals surface area contributed by atoms with Gasteiger partial charge in [0, 0.05) is 17.2 Å². The fraction of sp³-hybridized carbons (Fsp3) is 0.138. The molecule has 0 bridgehead atoms. The number of fused-ring (bicyclic) bond motifs is 1. The Hall–Kier alpha value is -3.65. The van der Waals surface area contributed by atoms with E-state index in [9.17, 15) is 0 Å². The molecule has 0 atom stereocenters. The lowest BCUT2D eigenvalue weighted by molar-refractivity contribution is 0.631. The standard InChI is InChI=1S/C29H25NO/c1-18-14-19(2)16-24(15-18)25-12-13-27-26(30-25)17-28(31-27)22-8-10-23(11-9-22)29-20(3)6-5-7-21(29)4/h5-17H,1-4H3. The molecule has 152 valence electrons. The van der Waals surface area contributed by atoms with Gasteiger partial charge in [-0.25, -0.2) is 4.98 Å². The van der Waals surface area contributed by atoms with Crippen molar-refractivity contribution in [2.45, 2.75) is 27.7 Å². The molecule has 0 aliphatic rings. The molecule has 2 heteroatoms. The summed E-state index contributed by atoms with van der Waals surface area (Å²) in [7, 11) is 0. The largest absolute Gasteiger partial charge is 0.454 e. The van der Waals surface area contributed by atoms with E-state index < -0.39 is 0 Å². The van der Waals surface area contributed by atoms with Crippen molar-refractivity contribution in [2.24, 2.45) is 0 Å². The van der Waals surface area contributed by atoms with Crippen molar-refractivity contribution < 1.29 is 4.42 Å². The average molecular weight is 404 g/mol. The quantitative estimate of drug-likeness (QED) is 0.304. The molecular formula is C29H25NO. The molecular weight excluding hydrogens is 378 g/mol. The van der Waals surface area contributed by atoms with Gasteiger partial charge in [0.25, 0.3) is 0 Å². The van der Waals surface area contributed by atoms with Gasteiger partial charge >= 0.3 is 0 Å². The van der Waals surface area contributed by atoms with Crippen LogP contribution in [0.2, 0.25) is 0 Å². The maximum atomic E-state index is 6.12. The van der Waals surface area contributed by atoms with Crippen molar-refractivity contribution in [3.05, 3.63) is 101 Å². The minimum atomic E-state index is 0.807. The van der Waals surface area contributed by atoms with Gasteiger partial charge in [0.1, 0.15) is 11.3 Å². The highest BCUT2D eigenvalue weighted by molar-refractivity contribution is 5.82. The minimum absolute atomic E-state index is 0.807. The van der Waals surface area contributed by atoms with Gasteiger partial charge in [0.05, 0.1) is 5.69 Å². The SMILES string of the molecule is Cc1cc(C)cc(-c2ccc3oc(-c4ccc(-c5c(C)cccc5C)cc4)cc3n2)c1. The Balaban J connectivity index is 1.51. The van der Waals surface area contributed by atoms with Crippen molar-refractivity contribution in [3.63, 3.8) is 0 Å². The summed E-state index contributed by atoms with van der Waals surface area (Å²) in [4.78, 5) is 4.87. The van der Waals surface area contributed by atoms with Crippen LogP contribution in [-0.4, -0.2) is 4.98 Å². The lowest BCUT2D eigenvalue weighted by Gasteiger charge is -2.10. The van der Waals surface area contributed by atoms with Gasteiger partial charge in [0.15, 0.2) is 5.58 Å². The normalized spacial score (nSPS) is 11.2. The number of pyridine rings is 1. The first-order valence-electron chi connectivity index (χ1n) is 10.6. The molecule has 0 saturated carbocycles. The van der Waals surface area contributed by atoms with Gasteiger partial charge < -0.3 is 4.42 Å². The lowest BCUT2D eigenvalue weighted by Crippen LogP contribution is -1.87. The van der Waals surface area contributed by atoms with Crippen LogP contribution in [0.1, 0.15) is 22.3 Å². The number of benzene rings is 3. The van der Waals surface area contributed by atoms with Crippen molar-refractivity contribution in [1.82, 2.24) is 4.98 Å². The summed E-state index contributed by atoms with van der Waals surface area (Å²) in [6.45, 7) is 8.56. The molecule has 0 aliphatic heterocycles. The maximum Gasteiger partial charge on any atom is 0.153 e. The zero-order chi connectivity index (χ0) is 21.5. The smallest absolute Gasteiger partial charge is 0.153 e. The average Bonchev–Trinajstić information content (AvgIpc) is 3.17. The molecule has 0 fully saturated rings. The second-order valence-electron chi connectivity index (χ2n) is 8.41. The highest BCUT2D eigenvalue weighted by Crippen LogP contribution is 2.32. The maximum absolute atomic E-state index is 6.12. The number of furan rings is 1. The zero-order valence-electron chi connectivity index (χ0n) is 18.4. The third-order valence-electron chi connectivity index (χ3n) is 5.83. The Morgan fingerprint density at radius 1 is 0.613 bits per heavy atom. The van der Waals surface area contributed by atoms with Crippen LogP contribution in [0.5, 0.6) is 0 Å². The van der Waals surface area contributed by atoms with Crippen LogP contribution < -0.4 is 0 Å². The van der Waals surface area contributed by atoms with Crippen LogP contribution in [0, 0.1) is 27.7 Å². The highest BCUT2D eigenvalue weighted by atomic mass is 16.3. The van der Waals surface area contributed by atoms with E-state index >= 15 is 0 Å². The first kappa shape index (κ1) is 19.3. The van der Waals surface area contributed by atoms with Gasteiger partial charge in [-0.05, 0) is 74.2 Å². The van der Waals surface area contributed by atoms with Crippen LogP contribution in [0.25, 0.3) is 44.8 Å². The first-order chi connectivity index (χ1) is 15.0. The van der Waals surface area contributed by atoms with Gasteiger partial charge in [0.2, 0.25) is 0 Å². The van der Waals surface area contributed by atoms with Crippen LogP contribution in [-0.2, 0) is 0 Å². The van der Waals surface area contributed by atoms with Gasteiger partial charge in [-0.1, -0.05) is 59.7 Å². The molecule has 0 radical (unpaired) electrons. The highest BCUT2D eigenvalue weighted by Gasteiger charge is 2.11. The topological polar surface area (TPSA) is 26.0 Å². The zero-order valence-corrected chi connectivity index (χ0v) is 18.4. The van der Waals surface area contributed by atoms with E-state index in [2.05, 4.69) is 88.4 Å². The van der Waals surface area contributed by atoms with Crippen molar-refractivity contribution >= 4 is 11.1 Å². The summed E-state index contributed by atoms with van der Waals surface area (Å²) in [5, 5.41) is 0. The van der Waals surface area contributed by atoms with Gasteiger partial charge in [-0.15, -0.1) is 0 Å². The molecule has 2 aromatic heterocycles. The molecule has 0 N–H and O–H groups in total. The van der Waals surface area contributed by atoms with E-state index in [1.807, 2.05) is 18.2 Å². The molecule has 0 saturated heterocycles. The fourth-order valence-electron chi connectivity index (χ4n) is 4.42. The third-order valence-corrected chi connectivity index (χ3v) is 5.83. The molecule has 0 aliphatic carbocycles. The molecule has 31 heavy (non-hydrogen) atoms. The molecule has 3 aromatic carbocycles. The first-order valence-corrected chi connectivity index (χ1v) is 10.6. The van der Waals surface area contributed by atoms with Crippen LogP contribution >= 0.6 is 0 Å². The molecule has 0 unspecified atom stereocenters. The van der Waals surface area contributed by atoms with Crippen molar-refractivity contribution in [3.8, 4) is 33.7 Å². The number of aromatic nitrogens is 1. The third kappa shape index (κ3) is 3.66. The Labute approximate surface area is 183 Å². The summed E-state index contributed by atoms with van der Waals surface area (Å²) >= 11 is 0. The summed E-state index contributed by atoms with van der Waals surface area (Å²) in [5.41, 5.74) is 12.5. The van der Waals surface area contributed by atoms with E-state index in [4.69, 9.17) is 9.40 Å². The Morgan fingerprint density at radius 2 is 1.26 bits per heavy atom. The molecule has 5 aromatic rings. The minimum Gasteiger partial charge on any atom is -0.454 e. The van der Waals surface area contributed by atoms with E-state index in [-0.39, 0.29) is 0 Å². The molecule has 2 nitrogen and oxygen atoms in total. The number of hydrogen-bond donors (Lipinski definition) is 0. The molecule has 5 rings (SSSR count). The summed E-state index contributed by atoms with van der Waals surface area (Å²) < 4.78 is 6.12. The lowest BCUT2D eigenvalue weighted by atomic mass is 9.95. The van der Waals surface area contributed by atoms with Crippen LogP contribution in [0.4, 0.5) is 0 Å². The summed E-state index contributed by atoms with van der Waals surface area (Å²) in [6, 6.07) is 27.7. The van der Waals surface area contributed by atoms with E-state index in [1.165, 1.54) is 33.4 Å². The second-order valence-corrected chi connectivity index (χ2v) is 8.41. The Kier molecular flexibility index (Phi) is 4.71. The number of aryl methyl sites for hydroxylation is 4. The van der Waals surface area contributed by atoms with Gasteiger partial charge in [-0.2, -0.15) is 0 Å². The van der Waals surface area contributed by atoms with E-state index in [0.29, 0.717) is 0 Å². The summed E-state index contributed by atoms with van der Waals surface area (Å²) in [5.74, 6) is 0.841. The molecule has 2 heterocycles. The van der Waals surface area contributed by atoms with E-state index in [1.54, 1.807) is 0 Å². The number of rotatable bonds is 3. The van der Waals surface area contributed by atoms with Crippen LogP contribution in [0.15, 0.2) is 83.3 Å². The Morgan fingerprint density at radius 3 is 1.94 bits per heavy atom. The summed E-state index contributed by atoms with van der Waals surface area (Å²) in [6.07, 6.45) is 0. The van der Waals surface area contributed by atoms with E-state index in [0.717, 1.165) is 33.7 Å². The number of nitrogens with zero attached hydrogens (tertiary/aromatic N) is 1. The van der Waals surface area contributed by atoms with Gasteiger partial charge in [-0.3, -0.25) is 0 Å². The van der Waals surface area contributed by atoms with Crippen molar-refractivity contribution in [1.29, 1.82) is 0 Å². The molecule has 0 amide bonds. The second kappa shape index (κ2) is 7.55. The van der Waals surface area contributed by atoms with Crippen LogP contribution in [0.3, 0.4) is 0 Å². The number of hydrogen-bond acceptors (Lipinski definition) is 2. The van der Waals surface area contributed by atoms with Crippen molar-refractivity contribution in [2.75, 3.05) is 0 Å². The monoisotopic (exact) mass is 403 g/mol. The fourth-order valence-corrected chi connectivity index (χ4v) is 4.42.